The van der Waals surface area contributed by atoms with Crippen molar-refractivity contribution in [1.82, 2.24) is 5.32 Å². The molecule has 35 heavy (non-hydrogen) atoms. The number of halogens is 1. The molecule has 0 radical (unpaired) electrons. The van der Waals surface area contributed by atoms with Crippen LogP contribution in [0.1, 0.15) is 25.8 Å². The number of anilines is 1. The maximum atomic E-state index is 13.6. The van der Waals surface area contributed by atoms with Crippen molar-refractivity contribution in [2.24, 2.45) is 5.92 Å². The predicted molar refractivity (Wildman–Crippen MR) is 141 cm³/mol. The Kier molecular flexibility index (Phi) is 9.57. The summed E-state index contributed by atoms with van der Waals surface area (Å²) in [6, 6.07) is 22.8. The summed E-state index contributed by atoms with van der Waals surface area (Å²) in [7, 11) is -4.07. The molecule has 6 nitrogen and oxygen atoms in total. The molecule has 0 fully saturated rings. The summed E-state index contributed by atoms with van der Waals surface area (Å²) in [5, 5.41) is 3.35. The molecular formula is C27H31ClN2O4S. The van der Waals surface area contributed by atoms with Gasteiger partial charge in [-0.1, -0.05) is 67.4 Å². The minimum Gasteiger partial charge on any atom is -0.492 e. The highest BCUT2D eigenvalue weighted by Crippen LogP contribution is 2.32. The number of nitrogens with zero attached hydrogens (tertiary/aromatic N) is 1. The molecule has 3 rings (SSSR count). The summed E-state index contributed by atoms with van der Waals surface area (Å²) < 4.78 is 34.0. The first-order valence-corrected chi connectivity index (χ1v) is 13.5. The molecule has 1 unspecified atom stereocenters. The van der Waals surface area contributed by atoms with Crippen LogP contribution in [0, 0.1) is 5.92 Å². The fourth-order valence-electron chi connectivity index (χ4n) is 3.73. The quantitative estimate of drug-likeness (QED) is 0.355. The van der Waals surface area contributed by atoms with Crippen molar-refractivity contribution in [3.63, 3.8) is 0 Å². The summed E-state index contributed by atoms with van der Waals surface area (Å²) in [6.07, 6.45) is 1.71. The highest BCUT2D eigenvalue weighted by atomic mass is 35.5. The Morgan fingerprint density at radius 1 is 0.971 bits per heavy atom. The fourth-order valence-corrected chi connectivity index (χ4v) is 5.28. The Labute approximate surface area is 212 Å². The maximum Gasteiger partial charge on any atom is 0.264 e. The van der Waals surface area contributed by atoms with Crippen molar-refractivity contribution < 1.29 is 17.9 Å². The molecule has 0 aliphatic rings. The van der Waals surface area contributed by atoms with Crippen molar-refractivity contribution in [3.8, 4) is 5.75 Å². The molecule has 8 heteroatoms. The van der Waals surface area contributed by atoms with Crippen molar-refractivity contribution in [2.45, 2.75) is 31.6 Å². The van der Waals surface area contributed by atoms with Gasteiger partial charge in [0.25, 0.3) is 10.0 Å². The van der Waals surface area contributed by atoms with Crippen LogP contribution < -0.4 is 14.4 Å². The van der Waals surface area contributed by atoms with Crippen LogP contribution in [-0.2, 0) is 21.2 Å². The maximum absolute atomic E-state index is 13.6. The minimum atomic E-state index is -4.07. The SMILES string of the molecule is CCOc1ccccc1N(CC(=O)NCC(CC)Cc1ccccc1)S(=O)(=O)c1ccc(Cl)cc1. The highest BCUT2D eigenvalue weighted by Gasteiger charge is 2.29. The van der Waals surface area contributed by atoms with E-state index in [0.29, 0.717) is 29.6 Å². The molecule has 0 heterocycles. The van der Waals surface area contributed by atoms with E-state index < -0.39 is 10.0 Å². The second kappa shape index (κ2) is 12.6. The minimum absolute atomic E-state index is 0.0384. The van der Waals surface area contributed by atoms with Gasteiger partial charge in [0, 0.05) is 11.6 Å². The average Bonchev–Trinajstić information content (AvgIpc) is 2.86. The van der Waals surface area contributed by atoms with E-state index in [1.165, 1.54) is 29.8 Å². The van der Waals surface area contributed by atoms with Gasteiger partial charge >= 0.3 is 0 Å². The van der Waals surface area contributed by atoms with Gasteiger partial charge in [-0.15, -0.1) is 0 Å². The Balaban J connectivity index is 1.83. The monoisotopic (exact) mass is 514 g/mol. The van der Waals surface area contributed by atoms with Crippen molar-refractivity contribution in [3.05, 3.63) is 89.4 Å². The fraction of sp³-hybridized carbons (Fsp3) is 0.296. The van der Waals surface area contributed by atoms with E-state index >= 15 is 0 Å². The molecule has 0 saturated carbocycles. The van der Waals surface area contributed by atoms with Gasteiger partial charge in [0.1, 0.15) is 12.3 Å². The zero-order valence-electron chi connectivity index (χ0n) is 20.0. The van der Waals surface area contributed by atoms with E-state index in [0.717, 1.165) is 17.1 Å². The number of carbonyl (C=O) groups excluding carboxylic acids is 1. The second-order valence-corrected chi connectivity index (χ2v) is 10.4. The number of rotatable bonds is 12. The third-order valence-electron chi connectivity index (χ3n) is 5.66. The summed E-state index contributed by atoms with van der Waals surface area (Å²) >= 11 is 5.96. The molecule has 0 bridgehead atoms. The van der Waals surface area contributed by atoms with Crippen LogP contribution >= 0.6 is 11.6 Å². The Morgan fingerprint density at radius 2 is 1.63 bits per heavy atom. The van der Waals surface area contributed by atoms with E-state index in [2.05, 4.69) is 24.4 Å². The van der Waals surface area contributed by atoms with Gasteiger partial charge in [0.05, 0.1) is 17.2 Å². The predicted octanol–water partition coefficient (Wildman–Crippen LogP) is 5.32. The smallest absolute Gasteiger partial charge is 0.264 e. The standard InChI is InChI=1S/C27H31ClN2O4S/c1-3-21(18-22-10-6-5-7-11-22)19-29-27(31)20-30(25-12-8-9-13-26(25)34-4-2)35(32,33)24-16-14-23(28)15-17-24/h5-17,21H,3-4,18-20H2,1-2H3,(H,29,31). The molecule has 0 aliphatic heterocycles. The van der Waals surface area contributed by atoms with E-state index in [-0.39, 0.29) is 23.3 Å². The molecule has 3 aromatic carbocycles. The topological polar surface area (TPSA) is 75.7 Å². The number of ether oxygens (including phenoxy) is 1. The Morgan fingerprint density at radius 3 is 2.29 bits per heavy atom. The normalized spacial score (nSPS) is 12.1. The Hall–Kier alpha value is -3.03. The molecule has 1 atom stereocenters. The average molecular weight is 515 g/mol. The third-order valence-corrected chi connectivity index (χ3v) is 7.68. The van der Waals surface area contributed by atoms with Gasteiger partial charge in [-0.25, -0.2) is 8.42 Å². The molecular weight excluding hydrogens is 484 g/mol. The lowest BCUT2D eigenvalue weighted by Crippen LogP contribution is -2.42. The Bertz CT molecular complexity index is 1200. The zero-order valence-corrected chi connectivity index (χ0v) is 21.6. The first-order chi connectivity index (χ1) is 16.8. The number of sulfonamides is 1. The number of hydrogen-bond donors (Lipinski definition) is 1. The van der Waals surface area contributed by atoms with Crippen LogP contribution in [0.2, 0.25) is 5.02 Å². The number of nitrogens with one attached hydrogen (secondary N) is 1. The summed E-state index contributed by atoms with van der Waals surface area (Å²) in [5.41, 5.74) is 1.50. The number of benzene rings is 3. The number of para-hydroxylation sites is 2. The molecule has 186 valence electrons. The molecule has 0 spiro atoms. The van der Waals surface area contributed by atoms with Gasteiger partial charge < -0.3 is 10.1 Å². The van der Waals surface area contributed by atoms with Crippen molar-refractivity contribution >= 4 is 33.2 Å². The van der Waals surface area contributed by atoms with Gasteiger partial charge in [0.2, 0.25) is 5.91 Å². The number of carbonyl (C=O) groups is 1. The van der Waals surface area contributed by atoms with Crippen molar-refractivity contribution in [2.75, 3.05) is 24.0 Å². The molecule has 0 aliphatic carbocycles. The van der Waals surface area contributed by atoms with Crippen LogP contribution in [0.15, 0.2) is 83.8 Å². The van der Waals surface area contributed by atoms with Gasteiger partial charge in [0.15, 0.2) is 0 Å². The second-order valence-electron chi connectivity index (χ2n) is 8.13. The highest BCUT2D eigenvalue weighted by molar-refractivity contribution is 7.92. The first-order valence-electron chi connectivity index (χ1n) is 11.7. The molecule has 3 aromatic rings. The lowest BCUT2D eigenvalue weighted by atomic mass is 9.97. The number of hydrogen-bond acceptors (Lipinski definition) is 4. The molecule has 0 aromatic heterocycles. The van der Waals surface area contributed by atoms with Gasteiger partial charge in [-0.05, 0) is 61.2 Å². The van der Waals surface area contributed by atoms with Gasteiger partial charge in [-0.2, -0.15) is 0 Å². The van der Waals surface area contributed by atoms with E-state index in [9.17, 15) is 13.2 Å². The van der Waals surface area contributed by atoms with Crippen LogP contribution in [0.5, 0.6) is 5.75 Å². The third kappa shape index (κ3) is 7.23. The summed E-state index contributed by atoms with van der Waals surface area (Å²) in [5.74, 6) is 0.231. The zero-order chi connectivity index (χ0) is 25.3. The van der Waals surface area contributed by atoms with Crippen molar-refractivity contribution in [1.29, 1.82) is 0 Å². The van der Waals surface area contributed by atoms with E-state index in [1.807, 2.05) is 25.1 Å². The molecule has 1 N–H and O–H groups in total. The van der Waals surface area contributed by atoms with Gasteiger partial charge in [-0.3, -0.25) is 9.10 Å². The molecule has 1 amide bonds. The number of amides is 1. The van der Waals surface area contributed by atoms with Crippen LogP contribution in [0.4, 0.5) is 5.69 Å². The lowest BCUT2D eigenvalue weighted by Gasteiger charge is -2.26. The van der Waals surface area contributed by atoms with E-state index in [1.54, 1.807) is 24.3 Å². The first kappa shape index (κ1) is 26.6. The van der Waals surface area contributed by atoms with Crippen LogP contribution in [-0.4, -0.2) is 34.0 Å². The van der Waals surface area contributed by atoms with Crippen LogP contribution in [0.3, 0.4) is 0 Å². The lowest BCUT2D eigenvalue weighted by molar-refractivity contribution is -0.119. The molecule has 0 saturated heterocycles. The largest absolute Gasteiger partial charge is 0.492 e. The van der Waals surface area contributed by atoms with Crippen LogP contribution in [0.25, 0.3) is 0 Å². The summed E-state index contributed by atoms with van der Waals surface area (Å²) in [6.45, 7) is 4.33. The summed E-state index contributed by atoms with van der Waals surface area (Å²) in [4.78, 5) is 13.1. The van der Waals surface area contributed by atoms with E-state index in [4.69, 9.17) is 16.3 Å².